The van der Waals surface area contributed by atoms with E-state index in [1.165, 1.54) is 19.1 Å². The summed E-state index contributed by atoms with van der Waals surface area (Å²) in [4.78, 5) is 0. The lowest BCUT2D eigenvalue weighted by Crippen LogP contribution is -2.40. The molecule has 0 saturated heterocycles. The summed E-state index contributed by atoms with van der Waals surface area (Å²) in [5.74, 6) is -4.97. The van der Waals surface area contributed by atoms with Crippen LogP contribution in [-0.4, -0.2) is 12.1 Å². The summed E-state index contributed by atoms with van der Waals surface area (Å²) >= 11 is 8.49. The molecule has 7 heteroatoms. The number of halogens is 7. The van der Waals surface area contributed by atoms with E-state index >= 15 is 0 Å². The summed E-state index contributed by atoms with van der Waals surface area (Å²) in [6.07, 6.45) is -5.67. The molecule has 18 heavy (non-hydrogen) atoms. The van der Waals surface area contributed by atoms with E-state index in [1.807, 2.05) is 0 Å². The molecule has 0 aliphatic rings. The van der Waals surface area contributed by atoms with Gasteiger partial charge in [-0.15, -0.1) is 11.6 Å². The fourth-order valence-corrected chi connectivity index (χ4v) is 2.23. The largest absolute Gasteiger partial charge is 0.455 e. The van der Waals surface area contributed by atoms with E-state index in [0.29, 0.717) is 10.0 Å². The lowest BCUT2D eigenvalue weighted by atomic mass is 9.99. The topological polar surface area (TPSA) is 0 Å². The maximum absolute atomic E-state index is 13.2. The molecule has 0 spiro atoms. The fourth-order valence-electron chi connectivity index (χ4n) is 1.42. The molecule has 0 heterocycles. The molecule has 0 N–H and O–H groups in total. The average molecular weight is 352 g/mol. The Morgan fingerprint density at radius 1 is 1.06 bits per heavy atom. The van der Waals surface area contributed by atoms with Crippen molar-refractivity contribution < 1.29 is 22.0 Å². The summed E-state index contributed by atoms with van der Waals surface area (Å²) in [6, 6.07) is 2.70. The van der Waals surface area contributed by atoms with Gasteiger partial charge in [0.1, 0.15) is 5.38 Å². The summed E-state index contributed by atoms with van der Waals surface area (Å²) in [7, 11) is 0. The van der Waals surface area contributed by atoms with Gasteiger partial charge in [0.15, 0.2) is 0 Å². The van der Waals surface area contributed by atoms with Crippen LogP contribution < -0.4 is 0 Å². The first-order valence-corrected chi connectivity index (χ1v) is 6.06. The molecule has 1 atom stereocenters. The number of rotatable bonds is 2. The Morgan fingerprint density at radius 2 is 1.56 bits per heavy atom. The molecule has 1 aromatic carbocycles. The van der Waals surface area contributed by atoms with Gasteiger partial charge in [0.25, 0.3) is 0 Å². The second kappa shape index (κ2) is 4.96. The zero-order valence-corrected chi connectivity index (χ0v) is 11.7. The van der Waals surface area contributed by atoms with Gasteiger partial charge in [0.2, 0.25) is 0 Å². The van der Waals surface area contributed by atoms with Crippen molar-refractivity contribution in [3.63, 3.8) is 0 Å². The minimum Gasteiger partial charge on any atom is -0.194 e. The minimum atomic E-state index is -5.67. The molecule has 0 amide bonds. The monoisotopic (exact) mass is 350 g/mol. The second-order valence-corrected chi connectivity index (χ2v) is 5.23. The summed E-state index contributed by atoms with van der Waals surface area (Å²) in [5, 5.41) is -2.44. The predicted molar refractivity (Wildman–Crippen MR) is 63.2 cm³/mol. The van der Waals surface area contributed by atoms with Crippen LogP contribution in [0, 0.1) is 13.8 Å². The molecule has 0 aliphatic heterocycles. The van der Waals surface area contributed by atoms with Crippen LogP contribution in [0.3, 0.4) is 0 Å². The van der Waals surface area contributed by atoms with E-state index in [0.717, 1.165) is 0 Å². The zero-order chi connectivity index (χ0) is 14.3. The highest BCUT2D eigenvalue weighted by atomic mass is 79.9. The molecule has 1 unspecified atom stereocenters. The summed E-state index contributed by atoms with van der Waals surface area (Å²) in [6.45, 7) is 3.02. The molecule has 102 valence electrons. The predicted octanol–water partition coefficient (Wildman–Crippen LogP) is 5.54. The maximum Gasteiger partial charge on any atom is 0.455 e. The van der Waals surface area contributed by atoms with E-state index < -0.39 is 17.5 Å². The van der Waals surface area contributed by atoms with Crippen LogP contribution in [0.2, 0.25) is 0 Å². The SMILES string of the molecule is Cc1cc(C(Cl)C(F)(F)C(F)(F)F)c(C)cc1Br. The lowest BCUT2D eigenvalue weighted by Gasteiger charge is -2.26. The highest BCUT2D eigenvalue weighted by Crippen LogP contribution is 2.48. The van der Waals surface area contributed by atoms with Crippen molar-refractivity contribution in [2.24, 2.45) is 0 Å². The van der Waals surface area contributed by atoms with Crippen molar-refractivity contribution in [2.45, 2.75) is 31.3 Å². The van der Waals surface area contributed by atoms with Gasteiger partial charge >= 0.3 is 12.1 Å². The van der Waals surface area contributed by atoms with Crippen LogP contribution in [0.1, 0.15) is 22.1 Å². The first kappa shape index (κ1) is 15.7. The molecule has 1 rings (SSSR count). The van der Waals surface area contributed by atoms with Crippen molar-refractivity contribution in [3.8, 4) is 0 Å². The molecular weight excluding hydrogens is 342 g/mol. The quantitative estimate of drug-likeness (QED) is 0.484. The van der Waals surface area contributed by atoms with Gasteiger partial charge in [0.05, 0.1) is 0 Å². The average Bonchev–Trinajstić information content (AvgIpc) is 2.20. The van der Waals surface area contributed by atoms with E-state index in [9.17, 15) is 22.0 Å². The van der Waals surface area contributed by atoms with Crippen LogP contribution in [0.5, 0.6) is 0 Å². The highest BCUT2D eigenvalue weighted by molar-refractivity contribution is 9.10. The molecule has 0 aromatic heterocycles. The highest BCUT2D eigenvalue weighted by Gasteiger charge is 2.62. The Morgan fingerprint density at radius 3 is 2.00 bits per heavy atom. The standard InChI is InChI=1S/C11H9BrClF5/c1-5-4-8(12)6(2)3-7(5)9(13)10(14,15)11(16,17)18/h3-4,9H,1-2H3. The van der Waals surface area contributed by atoms with Crippen LogP contribution in [0.4, 0.5) is 22.0 Å². The summed E-state index contributed by atoms with van der Waals surface area (Å²) in [5.41, 5.74) is 0.593. The number of hydrogen-bond donors (Lipinski definition) is 0. The maximum atomic E-state index is 13.2. The van der Waals surface area contributed by atoms with Gasteiger partial charge in [-0.25, -0.2) is 0 Å². The molecule has 0 saturated carbocycles. The van der Waals surface area contributed by atoms with Gasteiger partial charge in [-0.1, -0.05) is 22.0 Å². The first-order chi connectivity index (χ1) is 7.98. The molecule has 0 aliphatic carbocycles. The van der Waals surface area contributed by atoms with Crippen molar-refractivity contribution >= 4 is 27.5 Å². The van der Waals surface area contributed by atoms with Crippen molar-refractivity contribution in [1.82, 2.24) is 0 Å². The van der Waals surface area contributed by atoms with E-state index in [4.69, 9.17) is 11.6 Å². The molecule has 1 aromatic rings. The lowest BCUT2D eigenvalue weighted by molar-refractivity contribution is -0.283. The Labute approximate surface area is 114 Å². The van der Waals surface area contributed by atoms with Gasteiger partial charge in [-0.05, 0) is 36.6 Å². The fraction of sp³-hybridized carbons (Fsp3) is 0.455. The van der Waals surface area contributed by atoms with Crippen LogP contribution in [-0.2, 0) is 0 Å². The number of alkyl halides is 6. The smallest absolute Gasteiger partial charge is 0.194 e. The van der Waals surface area contributed by atoms with Crippen LogP contribution in [0.15, 0.2) is 16.6 Å². The van der Waals surface area contributed by atoms with Crippen LogP contribution >= 0.6 is 27.5 Å². The molecule has 0 fully saturated rings. The summed E-state index contributed by atoms with van der Waals surface area (Å²) < 4.78 is 63.6. The van der Waals surface area contributed by atoms with Crippen molar-refractivity contribution in [1.29, 1.82) is 0 Å². The Bertz CT molecular complexity index is 455. The first-order valence-electron chi connectivity index (χ1n) is 4.83. The third-order valence-electron chi connectivity index (χ3n) is 2.52. The molecule has 0 nitrogen and oxygen atoms in total. The van der Waals surface area contributed by atoms with E-state index in [2.05, 4.69) is 15.9 Å². The number of aryl methyl sites for hydroxylation is 2. The minimum absolute atomic E-state index is 0.223. The number of hydrogen-bond acceptors (Lipinski definition) is 0. The van der Waals surface area contributed by atoms with Gasteiger partial charge < -0.3 is 0 Å². The zero-order valence-electron chi connectivity index (χ0n) is 9.38. The molecular formula is C11H9BrClF5. The van der Waals surface area contributed by atoms with Gasteiger partial charge in [-0.2, -0.15) is 22.0 Å². The van der Waals surface area contributed by atoms with Gasteiger partial charge in [0, 0.05) is 4.47 Å². The number of benzene rings is 1. The van der Waals surface area contributed by atoms with Crippen molar-refractivity contribution in [3.05, 3.63) is 33.3 Å². The third kappa shape index (κ3) is 2.79. The normalized spacial score (nSPS) is 14.7. The van der Waals surface area contributed by atoms with Gasteiger partial charge in [-0.3, -0.25) is 0 Å². The molecule has 0 radical (unpaired) electrons. The van der Waals surface area contributed by atoms with Crippen molar-refractivity contribution in [2.75, 3.05) is 0 Å². The molecule has 0 bridgehead atoms. The Kier molecular flexibility index (Phi) is 4.33. The Balaban J connectivity index is 3.27. The van der Waals surface area contributed by atoms with E-state index in [1.54, 1.807) is 6.92 Å². The van der Waals surface area contributed by atoms with E-state index in [-0.39, 0.29) is 11.1 Å². The second-order valence-electron chi connectivity index (χ2n) is 3.94. The third-order valence-corrected chi connectivity index (χ3v) is 3.88. The Hall–Kier alpha value is -0.360. The van der Waals surface area contributed by atoms with Crippen LogP contribution in [0.25, 0.3) is 0 Å².